The largest absolute Gasteiger partial charge is 0.573 e. The Balaban J connectivity index is 1.38. The number of anilines is 2. The van der Waals surface area contributed by atoms with E-state index in [9.17, 15) is 17.6 Å². The Morgan fingerprint density at radius 3 is 2.57 bits per heavy atom. The first-order valence-electron chi connectivity index (χ1n) is 11.1. The van der Waals surface area contributed by atoms with Crippen molar-refractivity contribution in [3.63, 3.8) is 0 Å². The molecular weight excluding hydrogens is 464 g/mol. The van der Waals surface area contributed by atoms with Gasteiger partial charge in [0.05, 0.1) is 5.69 Å². The van der Waals surface area contributed by atoms with Gasteiger partial charge in [-0.1, -0.05) is 18.6 Å². The van der Waals surface area contributed by atoms with Gasteiger partial charge in [0, 0.05) is 30.5 Å². The molecular formula is C24H22F4N6O. The van der Waals surface area contributed by atoms with Crippen LogP contribution in [0.25, 0.3) is 5.69 Å². The minimum Gasteiger partial charge on any atom is -0.406 e. The number of aryl methyl sites for hydroxylation is 2. The van der Waals surface area contributed by atoms with E-state index in [-0.39, 0.29) is 11.7 Å². The predicted molar refractivity (Wildman–Crippen MR) is 120 cm³/mol. The van der Waals surface area contributed by atoms with E-state index in [2.05, 4.69) is 25.1 Å². The predicted octanol–water partition coefficient (Wildman–Crippen LogP) is 5.87. The Hall–Kier alpha value is -3.89. The molecule has 0 fully saturated rings. The van der Waals surface area contributed by atoms with Crippen LogP contribution in [0.5, 0.6) is 5.75 Å². The molecule has 2 aromatic carbocycles. The molecule has 182 valence electrons. The number of nitrogens with one attached hydrogen (secondary N) is 1. The molecule has 0 aliphatic carbocycles. The number of ether oxygens (including phenoxy) is 1. The quantitative estimate of drug-likeness (QED) is 0.358. The highest BCUT2D eigenvalue weighted by Crippen LogP contribution is 2.34. The zero-order valence-electron chi connectivity index (χ0n) is 18.8. The fourth-order valence-corrected chi connectivity index (χ4v) is 4.33. The van der Waals surface area contributed by atoms with Crippen LogP contribution in [0.1, 0.15) is 42.4 Å². The third-order valence-corrected chi connectivity index (χ3v) is 5.93. The number of hydrogen-bond acceptors (Lipinski definition) is 5. The summed E-state index contributed by atoms with van der Waals surface area (Å²) >= 11 is 0. The smallest absolute Gasteiger partial charge is 0.406 e. The summed E-state index contributed by atoms with van der Waals surface area (Å²) in [6.45, 7) is 2.46. The normalized spacial score (nSPS) is 16.0. The molecule has 3 heterocycles. The lowest BCUT2D eigenvalue weighted by molar-refractivity contribution is -0.274. The fourth-order valence-electron chi connectivity index (χ4n) is 4.33. The maximum absolute atomic E-state index is 14.8. The van der Waals surface area contributed by atoms with E-state index in [1.165, 1.54) is 18.2 Å². The van der Waals surface area contributed by atoms with Crippen molar-refractivity contribution in [3.05, 3.63) is 77.9 Å². The van der Waals surface area contributed by atoms with Crippen molar-refractivity contribution in [1.29, 1.82) is 0 Å². The lowest BCUT2D eigenvalue weighted by atomic mass is 9.93. The van der Waals surface area contributed by atoms with Crippen molar-refractivity contribution in [2.24, 2.45) is 0 Å². The van der Waals surface area contributed by atoms with Gasteiger partial charge in [-0.2, -0.15) is 4.98 Å². The summed E-state index contributed by atoms with van der Waals surface area (Å²) in [5.74, 6) is 0.887. The van der Waals surface area contributed by atoms with Crippen LogP contribution >= 0.6 is 0 Å². The Labute approximate surface area is 198 Å². The van der Waals surface area contributed by atoms with Crippen LogP contribution in [-0.4, -0.2) is 30.7 Å². The van der Waals surface area contributed by atoms with Crippen LogP contribution in [0, 0.1) is 12.7 Å². The Bertz CT molecular complexity index is 1330. The number of alkyl halides is 3. The molecule has 0 unspecified atom stereocenters. The zero-order valence-corrected chi connectivity index (χ0v) is 18.8. The zero-order chi connectivity index (χ0) is 24.6. The Morgan fingerprint density at radius 1 is 1.09 bits per heavy atom. The molecule has 0 spiro atoms. The average molecular weight is 486 g/mol. The molecule has 0 saturated heterocycles. The van der Waals surface area contributed by atoms with Crippen molar-refractivity contribution in [2.75, 3.05) is 5.32 Å². The van der Waals surface area contributed by atoms with Crippen LogP contribution in [0.15, 0.2) is 54.9 Å². The SMILES string of the molecule is Cc1nccn1-c1ccc(Nc2nc3n(n2)CCCC[C@@H]3c2ccc(OC(F)(F)F)cc2)cc1F. The van der Waals surface area contributed by atoms with Crippen LogP contribution < -0.4 is 10.1 Å². The summed E-state index contributed by atoms with van der Waals surface area (Å²) in [6.07, 6.45) is 1.17. The number of halogens is 4. The van der Waals surface area contributed by atoms with E-state index in [4.69, 9.17) is 0 Å². The van der Waals surface area contributed by atoms with Crippen LogP contribution in [0.2, 0.25) is 0 Å². The van der Waals surface area contributed by atoms with Gasteiger partial charge in [-0.3, -0.25) is 0 Å². The summed E-state index contributed by atoms with van der Waals surface area (Å²) in [7, 11) is 0. The minimum absolute atomic E-state index is 0.135. The molecule has 11 heteroatoms. The van der Waals surface area contributed by atoms with Crippen molar-refractivity contribution >= 4 is 11.6 Å². The van der Waals surface area contributed by atoms with E-state index in [1.54, 1.807) is 52.8 Å². The molecule has 5 rings (SSSR count). The summed E-state index contributed by atoms with van der Waals surface area (Å²) in [5, 5.41) is 7.61. The van der Waals surface area contributed by atoms with E-state index < -0.39 is 12.2 Å². The second kappa shape index (κ2) is 9.05. The number of benzene rings is 2. The van der Waals surface area contributed by atoms with Crippen molar-refractivity contribution < 1.29 is 22.3 Å². The standard InChI is InChI=1S/C24H22F4N6O/c1-15-29-11-13-33(15)21-10-7-17(14-20(21)25)30-23-31-22-19(4-2-3-12-34(22)32-23)16-5-8-18(9-6-16)35-24(26,27)28/h5-11,13-14,19H,2-4,12H2,1H3,(H,30,32)/t19-/m1/s1. The molecule has 0 bridgehead atoms. The molecule has 2 aromatic heterocycles. The number of nitrogens with zero attached hydrogens (tertiary/aromatic N) is 5. The van der Waals surface area contributed by atoms with E-state index in [1.807, 2.05) is 0 Å². The lowest BCUT2D eigenvalue weighted by Gasteiger charge is -2.15. The molecule has 0 saturated carbocycles. The maximum Gasteiger partial charge on any atom is 0.573 e. The van der Waals surface area contributed by atoms with Gasteiger partial charge in [0.25, 0.3) is 0 Å². The number of hydrogen-bond donors (Lipinski definition) is 1. The van der Waals surface area contributed by atoms with Gasteiger partial charge >= 0.3 is 6.36 Å². The molecule has 35 heavy (non-hydrogen) atoms. The van der Waals surface area contributed by atoms with Crippen molar-refractivity contribution in [1.82, 2.24) is 24.3 Å². The number of imidazole rings is 1. The molecule has 0 radical (unpaired) electrons. The summed E-state index contributed by atoms with van der Waals surface area (Å²) in [5.41, 5.74) is 1.71. The Morgan fingerprint density at radius 2 is 1.89 bits per heavy atom. The summed E-state index contributed by atoms with van der Waals surface area (Å²) < 4.78 is 59.7. The van der Waals surface area contributed by atoms with Gasteiger partial charge in [-0.05, 0) is 55.7 Å². The van der Waals surface area contributed by atoms with E-state index in [0.29, 0.717) is 35.5 Å². The topological polar surface area (TPSA) is 69.8 Å². The van der Waals surface area contributed by atoms with Crippen LogP contribution in [-0.2, 0) is 6.54 Å². The number of aromatic nitrogens is 5. The minimum atomic E-state index is -4.74. The van der Waals surface area contributed by atoms with E-state index in [0.717, 1.165) is 24.8 Å². The fraction of sp³-hybridized carbons (Fsp3) is 0.292. The monoisotopic (exact) mass is 486 g/mol. The third-order valence-electron chi connectivity index (χ3n) is 5.93. The Kier molecular flexibility index (Phi) is 5.91. The second-order valence-corrected chi connectivity index (χ2v) is 8.32. The van der Waals surface area contributed by atoms with E-state index >= 15 is 0 Å². The molecule has 1 N–H and O–H groups in total. The van der Waals surface area contributed by atoms with Gasteiger partial charge in [0.15, 0.2) is 0 Å². The third kappa shape index (κ3) is 4.98. The van der Waals surface area contributed by atoms with Gasteiger partial charge in [0.1, 0.15) is 23.2 Å². The first kappa shape index (κ1) is 22.9. The second-order valence-electron chi connectivity index (χ2n) is 8.32. The van der Waals surface area contributed by atoms with Crippen molar-refractivity contribution in [3.8, 4) is 11.4 Å². The highest BCUT2D eigenvalue weighted by molar-refractivity contribution is 5.56. The van der Waals surface area contributed by atoms with Crippen molar-refractivity contribution in [2.45, 2.75) is 45.0 Å². The highest BCUT2D eigenvalue weighted by Gasteiger charge is 2.31. The molecule has 1 aliphatic heterocycles. The van der Waals surface area contributed by atoms with Gasteiger partial charge < -0.3 is 14.6 Å². The highest BCUT2D eigenvalue weighted by atomic mass is 19.4. The molecule has 0 amide bonds. The molecule has 4 aromatic rings. The number of rotatable bonds is 5. The van der Waals surface area contributed by atoms with Gasteiger partial charge in [0.2, 0.25) is 5.95 Å². The molecule has 1 aliphatic rings. The van der Waals surface area contributed by atoms with Gasteiger partial charge in [-0.15, -0.1) is 18.3 Å². The van der Waals surface area contributed by atoms with Crippen LogP contribution in [0.4, 0.5) is 29.2 Å². The summed E-state index contributed by atoms with van der Waals surface area (Å²) in [6, 6.07) is 10.6. The average Bonchev–Trinajstić information content (AvgIpc) is 3.34. The number of fused-ring (bicyclic) bond motifs is 1. The lowest BCUT2D eigenvalue weighted by Crippen LogP contribution is -2.17. The maximum atomic E-state index is 14.8. The van der Waals surface area contributed by atoms with Gasteiger partial charge in [-0.25, -0.2) is 14.1 Å². The molecule has 7 nitrogen and oxygen atoms in total. The first-order chi connectivity index (χ1) is 16.8. The van der Waals surface area contributed by atoms with Crippen LogP contribution in [0.3, 0.4) is 0 Å². The summed E-state index contributed by atoms with van der Waals surface area (Å²) in [4.78, 5) is 8.78. The first-order valence-corrected chi connectivity index (χ1v) is 11.1. The molecule has 1 atom stereocenters.